The zero-order valence-corrected chi connectivity index (χ0v) is 13.9. The van der Waals surface area contributed by atoms with Crippen molar-refractivity contribution in [3.8, 4) is 0 Å². The van der Waals surface area contributed by atoms with E-state index in [4.69, 9.17) is 5.11 Å². The van der Waals surface area contributed by atoms with Gasteiger partial charge in [0.15, 0.2) is 0 Å². The number of nitrogens with one attached hydrogen (secondary N) is 2. The van der Waals surface area contributed by atoms with Gasteiger partial charge in [-0.25, -0.2) is 4.79 Å². The molecule has 24 heavy (non-hydrogen) atoms. The van der Waals surface area contributed by atoms with Crippen molar-refractivity contribution >= 4 is 23.6 Å². The number of nitrogens with zero attached hydrogens (tertiary/aromatic N) is 1. The number of carbonyl (C=O) groups is 3. The van der Waals surface area contributed by atoms with Gasteiger partial charge in [-0.05, 0) is 30.9 Å². The van der Waals surface area contributed by atoms with E-state index in [0.717, 1.165) is 6.42 Å². The third-order valence-electron chi connectivity index (χ3n) is 4.09. The second-order valence-corrected chi connectivity index (χ2v) is 6.22. The van der Waals surface area contributed by atoms with E-state index in [1.54, 1.807) is 26.0 Å². The van der Waals surface area contributed by atoms with Gasteiger partial charge in [0.05, 0.1) is 0 Å². The lowest BCUT2D eigenvalue weighted by Crippen LogP contribution is -2.54. The molecule has 0 bridgehead atoms. The summed E-state index contributed by atoms with van der Waals surface area (Å²) in [7, 11) is 0. The largest absolute Gasteiger partial charge is 0.465 e. The minimum absolute atomic E-state index is 0.202. The summed E-state index contributed by atoms with van der Waals surface area (Å²) < 4.78 is 0. The number of carbonyl (C=O) groups excluding carboxylic acids is 2. The number of para-hydroxylation sites is 1. The first kappa shape index (κ1) is 17.8. The van der Waals surface area contributed by atoms with Crippen LogP contribution in [0.4, 0.5) is 10.5 Å². The Morgan fingerprint density at radius 2 is 1.88 bits per heavy atom. The molecular weight excluding hydrogens is 310 g/mol. The van der Waals surface area contributed by atoms with Crippen LogP contribution in [-0.4, -0.2) is 46.5 Å². The van der Waals surface area contributed by atoms with Crippen LogP contribution in [0.2, 0.25) is 0 Å². The van der Waals surface area contributed by atoms with Crippen molar-refractivity contribution in [3.63, 3.8) is 0 Å². The van der Waals surface area contributed by atoms with Gasteiger partial charge in [0.2, 0.25) is 11.8 Å². The standard InChI is InChI=1S/C17H23N3O4/c1-11(2)14(19-17(23)24)16(22)20-10-6-9-13(20)15(21)18-12-7-4-3-5-8-12/h3-5,7-8,11,13-14,19H,6,9-10H2,1-2H3,(H,18,21)(H,23,24)/t13-,14-/m0/s1. The van der Waals surface area contributed by atoms with Gasteiger partial charge in [-0.1, -0.05) is 32.0 Å². The highest BCUT2D eigenvalue weighted by Gasteiger charge is 2.38. The van der Waals surface area contributed by atoms with Gasteiger partial charge < -0.3 is 20.6 Å². The highest BCUT2D eigenvalue weighted by atomic mass is 16.4. The molecule has 7 heteroatoms. The first-order valence-corrected chi connectivity index (χ1v) is 8.06. The number of likely N-dealkylation sites (tertiary alicyclic amines) is 1. The molecule has 2 rings (SSSR count). The summed E-state index contributed by atoms with van der Waals surface area (Å²) in [5.74, 6) is -0.796. The zero-order chi connectivity index (χ0) is 17.7. The van der Waals surface area contributed by atoms with Gasteiger partial charge in [0.1, 0.15) is 12.1 Å². The summed E-state index contributed by atoms with van der Waals surface area (Å²) in [5.41, 5.74) is 0.672. The first-order chi connectivity index (χ1) is 11.4. The molecule has 0 radical (unpaired) electrons. The Balaban J connectivity index is 2.09. The molecule has 1 aliphatic rings. The second-order valence-electron chi connectivity index (χ2n) is 6.22. The predicted octanol–water partition coefficient (Wildman–Crippen LogP) is 1.91. The molecule has 1 aliphatic heterocycles. The number of benzene rings is 1. The van der Waals surface area contributed by atoms with Gasteiger partial charge in [0.25, 0.3) is 0 Å². The molecule has 0 spiro atoms. The first-order valence-electron chi connectivity index (χ1n) is 8.06. The van der Waals surface area contributed by atoms with E-state index in [0.29, 0.717) is 18.7 Å². The van der Waals surface area contributed by atoms with Crippen LogP contribution in [0.1, 0.15) is 26.7 Å². The van der Waals surface area contributed by atoms with Gasteiger partial charge >= 0.3 is 6.09 Å². The van der Waals surface area contributed by atoms with E-state index in [-0.39, 0.29) is 17.7 Å². The molecule has 1 heterocycles. The minimum Gasteiger partial charge on any atom is -0.465 e. The lowest BCUT2D eigenvalue weighted by atomic mass is 10.0. The molecule has 0 unspecified atom stereocenters. The van der Waals surface area contributed by atoms with Crippen LogP contribution < -0.4 is 10.6 Å². The highest BCUT2D eigenvalue weighted by Crippen LogP contribution is 2.21. The van der Waals surface area contributed by atoms with Gasteiger partial charge in [-0.3, -0.25) is 9.59 Å². The van der Waals surface area contributed by atoms with Crippen LogP contribution in [0.15, 0.2) is 30.3 Å². The minimum atomic E-state index is -1.24. The number of anilines is 1. The van der Waals surface area contributed by atoms with Crippen molar-refractivity contribution in [2.75, 3.05) is 11.9 Å². The summed E-state index contributed by atoms with van der Waals surface area (Å²) in [4.78, 5) is 37.6. The smallest absolute Gasteiger partial charge is 0.405 e. The Labute approximate surface area is 141 Å². The zero-order valence-electron chi connectivity index (χ0n) is 13.9. The molecule has 0 aliphatic carbocycles. The van der Waals surface area contributed by atoms with Gasteiger partial charge in [0, 0.05) is 12.2 Å². The molecule has 3 amide bonds. The van der Waals surface area contributed by atoms with Crippen molar-refractivity contribution in [2.24, 2.45) is 5.92 Å². The van der Waals surface area contributed by atoms with E-state index >= 15 is 0 Å². The molecule has 1 fully saturated rings. The quantitative estimate of drug-likeness (QED) is 0.766. The molecule has 2 atom stereocenters. The maximum Gasteiger partial charge on any atom is 0.405 e. The molecule has 0 saturated carbocycles. The number of hydrogen-bond donors (Lipinski definition) is 3. The van der Waals surface area contributed by atoms with E-state index in [2.05, 4.69) is 10.6 Å². The lowest BCUT2D eigenvalue weighted by Gasteiger charge is -2.29. The Kier molecular flexibility index (Phi) is 5.78. The fourth-order valence-corrected chi connectivity index (χ4v) is 2.88. The van der Waals surface area contributed by atoms with Crippen molar-refractivity contribution < 1.29 is 19.5 Å². The summed E-state index contributed by atoms with van der Waals surface area (Å²) >= 11 is 0. The van der Waals surface area contributed by atoms with Crippen molar-refractivity contribution in [3.05, 3.63) is 30.3 Å². The summed E-state index contributed by atoms with van der Waals surface area (Å²) in [6.45, 7) is 4.00. The molecule has 7 nitrogen and oxygen atoms in total. The van der Waals surface area contributed by atoms with E-state index in [9.17, 15) is 14.4 Å². The van der Waals surface area contributed by atoms with E-state index in [1.807, 2.05) is 18.2 Å². The van der Waals surface area contributed by atoms with Crippen LogP contribution in [0.5, 0.6) is 0 Å². The number of amides is 3. The number of carboxylic acid groups (broad SMARTS) is 1. The Bertz CT molecular complexity index is 603. The summed E-state index contributed by atoms with van der Waals surface area (Å²) in [6, 6.07) is 7.62. The number of rotatable bonds is 5. The third kappa shape index (κ3) is 4.24. The third-order valence-corrected chi connectivity index (χ3v) is 4.09. The topological polar surface area (TPSA) is 98.7 Å². The highest BCUT2D eigenvalue weighted by molar-refractivity contribution is 5.98. The maximum atomic E-state index is 12.7. The van der Waals surface area contributed by atoms with Crippen LogP contribution in [0, 0.1) is 5.92 Å². The summed E-state index contributed by atoms with van der Waals surface area (Å²) in [5, 5.41) is 14.0. The summed E-state index contributed by atoms with van der Waals surface area (Å²) in [6.07, 6.45) is 0.0465. The Hall–Kier alpha value is -2.57. The van der Waals surface area contributed by atoms with E-state index in [1.165, 1.54) is 4.90 Å². The Morgan fingerprint density at radius 1 is 1.21 bits per heavy atom. The van der Waals surface area contributed by atoms with Crippen molar-refractivity contribution in [1.29, 1.82) is 0 Å². The molecule has 1 saturated heterocycles. The second kappa shape index (κ2) is 7.81. The predicted molar refractivity (Wildman–Crippen MR) is 89.6 cm³/mol. The fourth-order valence-electron chi connectivity index (χ4n) is 2.88. The molecule has 1 aromatic carbocycles. The molecule has 0 aromatic heterocycles. The Morgan fingerprint density at radius 3 is 2.46 bits per heavy atom. The molecule has 1 aromatic rings. The SMILES string of the molecule is CC(C)[C@H](NC(=O)O)C(=O)N1CCC[C@H]1C(=O)Nc1ccccc1. The van der Waals surface area contributed by atoms with Crippen LogP contribution in [0.25, 0.3) is 0 Å². The van der Waals surface area contributed by atoms with Gasteiger partial charge in [-0.2, -0.15) is 0 Å². The molecule has 3 N–H and O–H groups in total. The van der Waals surface area contributed by atoms with Crippen LogP contribution in [-0.2, 0) is 9.59 Å². The average Bonchev–Trinajstić information content (AvgIpc) is 3.02. The van der Waals surface area contributed by atoms with Crippen LogP contribution >= 0.6 is 0 Å². The van der Waals surface area contributed by atoms with Gasteiger partial charge in [-0.15, -0.1) is 0 Å². The maximum absolute atomic E-state index is 12.7. The fraction of sp³-hybridized carbons (Fsp3) is 0.471. The number of hydrogen-bond acceptors (Lipinski definition) is 3. The van der Waals surface area contributed by atoms with Crippen molar-refractivity contribution in [2.45, 2.75) is 38.8 Å². The monoisotopic (exact) mass is 333 g/mol. The lowest BCUT2D eigenvalue weighted by molar-refractivity contribution is -0.139. The van der Waals surface area contributed by atoms with Crippen molar-refractivity contribution in [1.82, 2.24) is 10.2 Å². The molecular formula is C17H23N3O4. The normalized spacial score (nSPS) is 18.3. The van der Waals surface area contributed by atoms with E-state index < -0.39 is 18.2 Å². The average molecular weight is 333 g/mol. The van der Waals surface area contributed by atoms with Crippen LogP contribution in [0.3, 0.4) is 0 Å². The molecule has 130 valence electrons.